The van der Waals surface area contributed by atoms with Crippen LogP contribution >= 0.6 is 0 Å². The molecule has 0 atom stereocenters. The monoisotopic (exact) mass is 357 g/mol. The third-order valence-corrected chi connectivity index (χ3v) is 4.94. The van der Waals surface area contributed by atoms with Crippen LogP contribution in [0.2, 0.25) is 0 Å². The van der Waals surface area contributed by atoms with Crippen molar-refractivity contribution in [3.63, 3.8) is 0 Å². The Labute approximate surface area is 137 Å². The first kappa shape index (κ1) is 18.0. The van der Waals surface area contributed by atoms with Gasteiger partial charge in [0.2, 0.25) is 0 Å². The van der Waals surface area contributed by atoms with Crippen LogP contribution in [0.25, 0.3) is 0 Å². The summed E-state index contributed by atoms with van der Waals surface area (Å²) in [4.78, 5) is 12.8. The minimum absolute atomic E-state index is 0.0826. The number of alkyl halides is 3. The molecule has 0 aliphatic carbocycles. The fourth-order valence-corrected chi connectivity index (χ4v) is 2.75. The zero-order valence-electron chi connectivity index (χ0n) is 12.8. The number of carbonyl (C=O) groups is 1. The Hall–Kier alpha value is -2.35. The van der Waals surface area contributed by atoms with E-state index in [1.807, 2.05) is 19.1 Å². The summed E-state index contributed by atoms with van der Waals surface area (Å²) in [7, 11) is -3.90. The highest BCUT2D eigenvalue weighted by molar-refractivity contribution is 7.92. The lowest BCUT2D eigenvalue weighted by atomic mass is 10.1. The minimum Gasteiger partial charge on any atom is -0.311 e. The smallest absolute Gasteiger partial charge is 0.311 e. The highest BCUT2D eigenvalue weighted by Gasteiger charge is 2.46. The average Bonchev–Trinajstić information content (AvgIpc) is 2.53. The molecule has 0 fully saturated rings. The maximum Gasteiger partial charge on any atom is 0.501 e. The quantitative estimate of drug-likeness (QED) is 0.844. The summed E-state index contributed by atoms with van der Waals surface area (Å²) < 4.78 is 60.1. The molecule has 1 amide bonds. The summed E-state index contributed by atoms with van der Waals surface area (Å²) in [6, 6.07) is 10.8. The molecule has 24 heavy (non-hydrogen) atoms. The molecule has 128 valence electrons. The maximum absolute atomic E-state index is 12.5. The molecule has 0 saturated carbocycles. The second-order valence-corrected chi connectivity index (χ2v) is 7.11. The summed E-state index contributed by atoms with van der Waals surface area (Å²) in [5.74, 6) is -0.463. The van der Waals surface area contributed by atoms with Gasteiger partial charge in [-0.3, -0.25) is 4.79 Å². The van der Waals surface area contributed by atoms with Gasteiger partial charge in [-0.15, -0.1) is 0 Å². The van der Waals surface area contributed by atoms with E-state index in [4.69, 9.17) is 0 Å². The number of rotatable bonds is 3. The van der Waals surface area contributed by atoms with Gasteiger partial charge in [0.05, 0.1) is 4.90 Å². The van der Waals surface area contributed by atoms with E-state index in [9.17, 15) is 26.4 Å². The van der Waals surface area contributed by atoms with Crippen LogP contribution in [0.15, 0.2) is 53.4 Å². The number of hydrogen-bond donors (Lipinski definition) is 0. The van der Waals surface area contributed by atoms with E-state index in [1.165, 1.54) is 11.9 Å². The van der Waals surface area contributed by atoms with Crippen molar-refractivity contribution >= 4 is 21.4 Å². The Morgan fingerprint density at radius 1 is 0.958 bits per heavy atom. The van der Waals surface area contributed by atoms with Gasteiger partial charge in [-0.05, 0) is 43.3 Å². The van der Waals surface area contributed by atoms with Gasteiger partial charge < -0.3 is 4.90 Å². The molecule has 0 aliphatic rings. The molecular weight excluding hydrogens is 343 g/mol. The predicted octanol–water partition coefficient (Wildman–Crippen LogP) is 3.57. The van der Waals surface area contributed by atoms with Crippen LogP contribution in [0.1, 0.15) is 15.9 Å². The number of hydrogen-bond acceptors (Lipinski definition) is 3. The first-order valence-corrected chi connectivity index (χ1v) is 8.28. The molecule has 8 heteroatoms. The number of halogens is 3. The van der Waals surface area contributed by atoms with Crippen molar-refractivity contribution in [1.82, 2.24) is 0 Å². The average molecular weight is 357 g/mol. The van der Waals surface area contributed by atoms with E-state index in [1.54, 1.807) is 12.1 Å². The van der Waals surface area contributed by atoms with Gasteiger partial charge in [0.25, 0.3) is 15.7 Å². The van der Waals surface area contributed by atoms with Crippen molar-refractivity contribution in [2.24, 2.45) is 0 Å². The van der Waals surface area contributed by atoms with Crippen molar-refractivity contribution in [1.29, 1.82) is 0 Å². The Kier molecular flexibility index (Phi) is 4.70. The lowest BCUT2D eigenvalue weighted by molar-refractivity contribution is -0.0436. The summed E-state index contributed by atoms with van der Waals surface area (Å²) >= 11 is 0. The van der Waals surface area contributed by atoms with Gasteiger partial charge in [0.15, 0.2) is 0 Å². The van der Waals surface area contributed by atoms with Gasteiger partial charge in [-0.2, -0.15) is 13.2 Å². The Balaban J connectivity index is 2.28. The van der Waals surface area contributed by atoms with Gasteiger partial charge in [-0.25, -0.2) is 8.42 Å². The molecule has 2 aromatic rings. The number of nitrogens with zero attached hydrogens (tertiary/aromatic N) is 1. The van der Waals surface area contributed by atoms with Crippen LogP contribution in [0.4, 0.5) is 18.9 Å². The van der Waals surface area contributed by atoms with Crippen LogP contribution in [-0.2, 0) is 9.84 Å². The zero-order valence-corrected chi connectivity index (χ0v) is 13.6. The molecule has 0 saturated heterocycles. The number of sulfone groups is 1. The molecule has 0 N–H and O–H groups in total. The van der Waals surface area contributed by atoms with Crippen molar-refractivity contribution in [3.05, 3.63) is 59.7 Å². The summed E-state index contributed by atoms with van der Waals surface area (Å²) in [5, 5.41) is 0. The van der Waals surface area contributed by atoms with E-state index in [2.05, 4.69) is 0 Å². The third-order valence-electron chi connectivity index (χ3n) is 3.44. The van der Waals surface area contributed by atoms with Crippen molar-refractivity contribution in [3.8, 4) is 0 Å². The highest BCUT2D eigenvalue weighted by atomic mass is 32.2. The van der Waals surface area contributed by atoms with Crippen molar-refractivity contribution in [2.45, 2.75) is 17.3 Å². The van der Waals surface area contributed by atoms with Gasteiger partial charge in [0.1, 0.15) is 0 Å². The van der Waals surface area contributed by atoms with E-state index in [0.29, 0.717) is 5.69 Å². The van der Waals surface area contributed by atoms with E-state index in [-0.39, 0.29) is 5.56 Å². The van der Waals surface area contributed by atoms with Crippen LogP contribution < -0.4 is 4.90 Å². The minimum atomic E-state index is -5.42. The van der Waals surface area contributed by atoms with Crippen LogP contribution in [0, 0.1) is 6.92 Å². The van der Waals surface area contributed by atoms with E-state index >= 15 is 0 Å². The molecule has 0 unspecified atom stereocenters. The number of benzene rings is 2. The standard InChI is InChI=1S/C16H14F3NO3S/c1-11-3-7-13(8-4-11)20(2)15(21)12-5-9-14(10-6-12)24(22,23)16(17,18)19/h3-10H,1-2H3. The van der Waals surface area contributed by atoms with E-state index < -0.39 is 26.1 Å². The number of carbonyl (C=O) groups excluding carboxylic acids is 1. The highest BCUT2D eigenvalue weighted by Crippen LogP contribution is 2.30. The Bertz CT molecular complexity index is 842. The maximum atomic E-state index is 12.5. The Morgan fingerprint density at radius 3 is 1.92 bits per heavy atom. The van der Waals surface area contributed by atoms with Crippen LogP contribution in [-0.4, -0.2) is 26.9 Å². The van der Waals surface area contributed by atoms with Gasteiger partial charge in [0, 0.05) is 18.3 Å². The number of anilines is 1. The van der Waals surface area contributed by atoms with Gasteiger partial charge >= 0.3 is 5.51 Å². The zero-order chi connectivity index (χ0) is 18.1. The third kappa shape index (κ3) is 3.43. The number of aryl methyl sites for hydroxylation is 1. The van der Waals surface area contributed by atoms with E-state index in [0.717, 1.165) is 29.8 Å². The molecule has 2 aromatic carbocycles. The molecule has 0 spiro atoms. The molecule has 0 aliphatic heterocycles. The summed E-state index contributed by atoms with van der Waals surface area (Å²) in [5.41, 5.74) is -3.67. The fourth-order valence-electron chi connectivity index (χ4n) is 1.99. The molecule has 0 radical (unpaired) electrons. The van der Waals surface area contributed by atoms with Gasteiger partial charge in [-0.1, -0.05) is 17.7 Å². The molecule has 0 heterocycles. The first-order chi connectivity index (χ1) is 11.0. The molecule has 0 aromatic heterocycles. The topological polar surface area (TPSA) is 54.5 Å². The SMILES string of the molecule is Cc1ccc(N(C)C(=O)c2ccc(S(=O)(=O)C(F)(F)F)cc2)cc1. The molecule has 2 rings (SSSR count). The Morgan fingerprint density at radius 2 is 1.46 bits per heavy atom. The molecular formula is C16H14F3NO3S. The van der Waals surface area contributed by atoms with Crippen LogP contribution in [0.5, 0.6) is 0 Å². The summed E-state index contributed by atoms with van der Waals surface area (Å²) in [6.45, 7) is 1.89. The van der Waals surface area contributed by atoms with Crippen molar-refractivity contribution < 1.29 is 26.4 Å². The van der Waals surface area contributed by atoms with Crippen LogP contribution in [0.3, 0.4) is 0 Å². The second kappa shape index (κ2) is 6.27. The molecule has 0 bridgehead atoms. The second-order valence-electron chi connectivity index (χ2n) is 5.17. The molecule has 4 nitrogen and oxygen atoms in total. The first-order valence-electron chi connectivity index (χ1n) is 6.80. The predicted molar refractivity (Wildman–Crippen MR) is 83.6 cm³/mol. The largest absolute Gasteiger partial charge is 0.501 e. The van der Waals surface area contributed by atoms with Crippen molar-refractivity contribution in [2.75, 3.05) is 11.9 Å². The lowest BCUT2D eigenvalue weighted by Gasteiger charge is -2.18. The normalized spacial score (nSPS) is 12.0. The lowest BCUT2D eigenvalue weighted by Crippen LogP contribution is -2.26. The fraction of sp³-hybridized carbons (Fsp3) is 0.188. The summed E-state index contributed by atoms with van der Waals surface area (Å²) in [6.07, 6.45) is 0. The number of amides is 1.